The molecule has 8 heteroatoms. The molecule has 3 heterocycles. The number of ether oxygens (including phenoxy) is 1. The number of aryl methyl sites for hydroxylation is 1. The highest BCUT2D eigenvalue weighted by Gasteiger charge is 2.35. The van der Waals surface area contributed by atoms with Gasteiger partial charge in [0.15, 0.2) is 5.11 Å². The molecule has 1 aromatic heterocycles. The fourth-order valence-electron chi connectivity index (χ4n) is 5.16. The fourth-order valence-corrected chi connectivity index (χ4v) is 5.52. The second-order valence-electron chi connectivity index (χ2n) is 9.75. The van der Waals surface area contributed by atoms with Gasteiger partial charge in [0.2, 0.25) is 5.95 Å². The van der Waals surface area contributed by atoms with E-state index in [9.17, 15) is 0 Å². The predicted molar refractivity (Wildman–Crippen MR) is 139 cm³/mol. The van der Waals surface area contributed by atoms with Gasteiger partial charge < -0.3 is 20.3 Å². The number of rotatable bonds is 5. The largest absolute Gasteiger partial charge is 0.381 e. The molecule has 2 atom stereocenters. The molecule has 0 bridgehead atoms. The van der Waals surface area contributed by atoms with Crippen molar-refractivity contribution in [3.8, 4) is 0 Å². The summed E-state index contributed by atoms with van der Waals surface area (Å²) in [5.74, 6) is 2.82. The van der Waals surface area contributed by atoms with Gasteiger partial charge in [-0.2, -0.15) is 4.98 Å². The lowest BCUT2D eigenvalue weighted by Crippen LogP contribution is -2.45. The Bertz CT molecular complexity index is 971. The Morgan fingerprint density at radius 3 is 2.61 bits per heavy atom. The molecule has 1 aromatic carbocycles. The van der Waals surface area contributed by atoms with Gasteiger partial charge in [0.25, 0.3) is 0 Å². The van der Waals surface area contributed by atoms with Gasteiger partial charge in [-0.25, -0.2) is 4.98 Å². The van der Waals surface area contributed by atoms with Crippen LogP contribution in [0.5, 0.6) is 0 Å². The number of piperidine rings is 1. The minimum atomic E-state index is -0.0758. The van der Waals surface area contributed by atoms with Crippen LogP contribution in [-0.4, -0.2) is 47.9 Å². The van der Waals surface area contributed by atoms with E-state index in [1.165, 1.54) is 12.0 Å². The van der Waals surface area contributed by atoms with Crippen LogP contribution in [-0.2, 0) is 10.2 Å². The van der Waals surface area contributed by atoms with Crippen LogP contribution in [0, 0.1) is 18.8 Å². The van der Waals surface area contributed by atoms with Crippen molar-refractivity contribution in [1.29, 1.82) is 0 Å². The van der Waals surface area contributed by atoms with Crippen LogP contribution in [0.4, 0.5) is 11.8 Å². The first-order valence-electron chi connectivity index (χ1n) is 11.8. The maximum Gasteiger partial charge on any atom is 0.231 e. The topological polar surface area (TPSA) is 62.3 Å². The number of aromatic nitrogens is 2. The molecular weight excluding hydrogens is 454 g/mol. The van der Waals surface area contributed by atoms with Crippen LogP contribution in [0.1, 0.15) is 44.4 Å². The smallest absolute Gasteiger partial charge is 0.231 e. The van der Waals surface area contributed by atoms with Crippen molar-refractivity contribution in [2.24, 2.45) is 11.8 Å². The first kappa shape index (κ1) is 24.2. The minimum absolute atomic E-state index is 0.0758. The van der Waals surface area contributed by atoms with E-state index in [4.69, 9.17) is 33.5 Å². The third-order valence-corrected chi connectivity index (χ3v) is 7.21. The van der Waals surface area contributed by atoms with Gasteiger partial charge in [-0.3, -0.25) is 0 Å². The van der Waals surface area contributed by atoms with Crippen LogP contribution in [0.3, 0.4) is 0 Å². The van der Waals surface area contributed by atoms with E-state index < -0.39 is 0 Å². The van der Waals surface area contributed by atoms with Crippen molar-refractivity contribution in [1.82, 2.24) is 15.3 Å². The van der Waals surface area contributed by atoms with Gasteiger partial charge in [0.05, 0.1) is 0 Å². The molecule has 6 nitrogen and oxygen atoms in total. The number of anilines is 2. The predicted octanol–water partition coefficient (Wildman–Crippen LogP) is 4.96. The molecule has 178 valence electrons. The van der Waals surface area contributed by atoms with Gasteiger partial charge in [-0.1, -0.05) is 37.6 Å². The highest BCUT2D eigenvalue weighted by atomic mass is 35.5. The maximum atomic E-state index is 6.30. The van der Waals surface area contributed by atoms with E-state index in [2.05, 4.69) is 52.6 Å². The zero-order valence-electron chi connectivity index (χ0n) is 19.7. The lowest BCUT2D eigenvalue weighted by Gasteiger charge is -2.38. The van der Waals surface area contributed by atoms with Crippen molar-refractivity contribution >= 4 is 40.7 Å². The van der Waals surface area contributed by atoms with Crippen LogP contribution < -0.4 is 15.5 Å². The van der Waals surface area contributed by atoms with E-state index >= 15 is 0 Å². The average Bonchev–Trinajstić information content (AvgIpc) is 2.77. The number of thiocarbonyl (C=S) groups is 1. The van der Waals surface area contributed by atoms with E-state index in [0.717, 1.165) is 55.7 Å². The summed E-state index contributed by atoms with van der Waals surface area (Å²) in [7, 11) is 0. The number of nitrogens with zero attached hydrogens (tertiary/aromatic N) is 3. The van der Waals surface area contributed by atoms with E-state index in [1.54, 1.807) is 0 Å². The van der Waals surface area contributed by atoms with Gasteiger partial charge in [0, 0.05) is 55.0 Å². The highest BCUT2D eigenvalue weighted by molar-refractivity contribution is 7.80. The molecule has 0 unspecified atom stereocenters. The Kier molecular flexibility index (Phi) is 7.72. The number of hydrogen-bond donors (Lipinski definition) is 2. The second-order valence-corrected chi connectivity index (χ2v) is 10.6. The number of halogens is 1. The zero-order valence-corrected chi connectivity index (χ0v) is 21.3. The molecule has 2 saturated heterocycles. The lowest BCUT2D eigenvalue weighted by atomic mass is 9.74. The summed E-state index contributed by atoms with van der Waals surface area (Å²) in [6.07, 6.45) is 3.10. The Balaban J connectivity index is 1.44. The Hall–Kier alpha value is -1.96. The maximum absolute atomic E-state index is 6.30. The van der Waals surface area contributed by atoms with Gasteiger partial charge in [-0.05, 0) is 67.9 Å². The monoisotopic (exact) mass is 487 g/mol. The fraction of sp³-hybridized carbons (Fsp3) is 0.560. The molecule has 2 aliphatic heterocycles. The molecule has 0 saturated carbocycles. The number of hydrogen-bond acceptors (Lipinski definition) is 5. The quantitative estimate of drug-likeness (QED) is 0.578. The third kappa shape index (κ3) is 6.14. The molecule has 0 amide bonds. The number of nitrogens with one attached hydrogen (secondary N) is 2. The summed E-state index contributed by atoms with van der Waals surface area (Å²) in [5, 5.41) is 7.92. The normalized spacial score (nSPS) is 22.6. The summed E-state index contributed by atoms with van der Waals surface area (Å²) in [5.41, 5.74) is 2.07. The molecule has 0 aliphatic carbocycles. The molecule has 2 fully saturated rings. The Morgan fingerprint density at radius 1 is 1.18 bits per heavy atom. The first-order chi connectivity index (χ1) is 15.8. The van der Waals surface area contributed by atoms with E-state index in [0.29, 0.717) is 29.4 Å². The summed E-state index contributed by atoms with van der Waals surface area (Å²) >= 11 is 11.9. The van der Waals surface area contributed by atoms with E-state index in [1.807, 2.05) is 19.1 Å². The standard InChI is InChI=1S/C25H34ClN5OS/c1-17-11-18(2)15-31(14-17)22-12-19(3)28-23(29-22)30-24(33)27-16-25(7-9-32-10-8-25)20-5-4-6-21(26)13-20/h4-6,12-13,17-18H,7-11,14-16H2,1-3H3,(H2,27,28,29,30,33)/t17-,18+. The first-order valence-corrected chi connectivity index (χ1v) is 12.6. The summed E-state index contributed by atoms with van der Waals surface area (Å²) in [6.45, 7) is 10.8. The lowest BCUT2D eigenvalue weighted by molar-refractivity contribution is 0.0515. The second kappa shape index (κ2) is 10.5. The Labute approximate surface area is 207 Å². The molecule has 4 rings (SSSR count). The van der Waals surface area contributed by atoms with Gasteiger partial charge in [-0.15, -0.1) is 0 Å². The van der Waals surface area contributed by atoms with Crippen molar-refractivity contribution in [2.75, 3.05) is 43.1 Å². The zero-order chi connectivity index (χ0) is 23.4. The summed E-state index contributed by atoms with van der Waals surface area (Å²) in [6, 6.07) is 10.2. The van der Waals surface area contributed by atoms with Gasteiger partial charge in [0.1, 0.15) is 5.82 Å². The van der Waals surface area contributed by atoms with Crippen LogP contribution in [0.25, 0.3) is 0 Å². The third-order valence-electron chi connectivity index (χ3n) is 6.73. The van der Waals surface area contributed by atoms with Crippen molar-refractivity contribution in [3.05, 3.63) is 46.6 Å². The molecule has 2 aliphatic rings. The average molecular weight is 488 g/mol. The molecule has 2 aromatic rings. The molecular formula is C25H34ClN5OS. The molecule has 33 heavy (non-hydrogen) atoms. The SMILES string of the molecule is Cc1cc(N2C[C@H](C)C[C@H](C)C2)nc(NC(=S)NCC2(c3cccc(Cl)c3)CCOCC2)n1. The van der Waals surface area contributed by atoms with E-state index in [-0.39, 0.29) is 5.41 Å². The van der Waals surface area contributed by atoms with Crippen molar-refractivity contribution < 1.29 is 4.74 Å². The number of benzene rings is 1. The van der Waals surface area contributed by atoms with Gasteiger partial charge >= 0.3 is 0 Å². The van der Waals surface area contributed by atoms with Crippen LogP contribution >= 0.6 is 23.8 Å². The minimum Gasteiger partial charge on any atom is -0.381 e. The van der Waals surface area contributed by atoms with Crippen molar-refractivity contribution in [2.45, 2.75) is 45.4 Å². The summed E-state index contributed by atoms with van der Waals surface area (Å²) < 4.78 is 5.64. The molecule has 0 radical (unpaired) electrons. The van der Waals surface area contributed by atoms with Crippen LogP contribution in [0.2, 0.25) is 5.02 Å². The summed E-state index contributed by atoms with van der Waals surface area (Å²) in [4.78, 5) is 11.7. The van der Waals surface area contributed by atoms with Crippen molar-refractivity contribution in [3.63, 3.8) is 0 Å². The Morgan fingerprint density at radius 2 is 1.91 bits per heavy atom. The molecule has 0 spiro atoms. The molecule has 2 N–H and O–H groups in total. The highest BCUT2D eigenvalue weighted by Crippen LogP contribution is 2.35. The van der Waals surface area contributed by atoms with Crippen LogP contribution in [0.15, 0.2) is 30.3 Å².